The molecular weight excluding hydrogens is 478 g/mol. The zero-order valence-corrected chi connectivity index (χ0v) is 21.5. The van der Waals surface area contributed by atoms with Gasteiger partial charge >= 0.3 is 5.97 Å². The Balaban J connectivity index is 1.38. The molecule has 0 heterocycles. The van der Waals surface area contributed by atoms with Crippen molar-refractivity contribution in [3.63, 3.8) is 0 Å². The van der Waals surface area contributed by atoms with Gasteiger partial charge in [-0.2, -0.15) is 5.26 Å². The fourth-order valence-electron chi connectivity index (χ4n) is 3.53. The number of benzene rings is 4. The smallest absolute Gasteiger partial charge is 0.345 e. The monoisotopic (exact) mass is 504 g/mol. The number of ether oxygens (including phenoxy) is 2. The molecule has 0 N–H and O–H groups in total. The van der Waals surface area contributed by atoms with Crippen molar-refractivity contribution in [3.8, 4) is 23.7 Å². The molecule has 0 aromatic heterocycles. The lowest BCUT2D eigenvalue weighted by Crippen LogP contribution is -2.29. The van der Waals surface area contributed by atoms with Crippen LogP contribution in [0.1, 0.15) is 25.0 Å². The number of nitrogens with zero attached hydrogens (tertiary/aromatic N) is 1. The van der Waals surface area contributed by atoms with Crippen molar-refractivity contribution in [2.75, 3.05) is 6.61 Å². The van der Waals surface area contributed by atoms with Crippen molar-refractivity contribution in [1.82, 2.24) is 0 Å². The van der Waals surface area contributed by atoms with Gasteiger partial charge < -0.3 is 9.47 Å². The Bertz CT molecular complexity index is 1390. The van der Waals surface area contributed by atoms with E-state index >= 15 is 0 Å². The first-order valence-electron chi connectivity index (χ1n) is 11.8. The lowest BCUT2D eigenvalue weighted by molar-refractivity contribution is -0.154. The molecule has 5 heteroatoms. The van der Waals surface area contributed by atoms with Crippen LogP contribution in [-0.4, -0.2) is 18.2 Å². The van der Waals surface area contributed by atoms with Gasteiger partial charge in [-0.05, 0) is 86.6 Å². The number of hydrogen-bond donors (Lipinski definition) is 0. The molecule has 0 radical (unpaired) electrons. The highest BCUT2D eigenvalue weighted by atomic mass is 32.2. The van der Waals surface area contributed by atoms with Gasteiger partial charge in [0.05, 0.1) is 22.5 Å². The van der Waals surface area contributed by atoms with Gasteiger partial charge in [0.15, 0.2) is 26.9 Å². The molecule has 0 fully saturated rings. The van der Waals surface area contributed by atoms with Crippen molar-refractivity contribution in [1.29, 1.82) is 5.26 Å². The molecule has 37 heavy (non-hydrogen) atoms. The van der Waals surface area contributed by atoms with Crippen LogP contribution in [0.4, 0.5) is 0 Å². The number of esters is 1. The highest BCUT2D eigenvalue weighted by molar-refractivity contribution is 7.97. The van der Waals surface area contributed by atoms with Crippen LogP contribution in [0.25, 0.3) is 0 Å². The Kier molecular flexibility index (Phi) is 8.31. The predicted molar refractivity (Wildman–Crippen MR) is 145 cm³/mol. The zero-order valence-electron chi connectivity index (χ0n) is 20.7. The first-order valence-corrected chi connectivity index (χ1v) is 13.0. The number of carbonyl (C=O) groups is 1. The van der Waals surface area contributed by atoms with E-state index < -0.39 is 11.6 Å². The molecule has 0 unspecified atom stereocenters. The summed E-state index contributed by atoms with van der Waals surface area (Å²) in [5, 5.41) is 8.90. The lowest BCUT2D eigenvalue weighted by atomic mass is 10.1. The summed E-state index contributed by atoms with van der Waals surface area (Å²) < 4.78 is 11.2. The zero-order chi connectivity index (χ0) is 26.1. The van der Waals surface area contributed by atoms with Gasteiger partial charge in [-0.25, -0.2) is 4.79 Å². The summed E-state index contributed by atoms with van der Waals surface area (Å²) in [4.78, 5) is 16.0. The fraction of sp³-hybridized carbons (Fsp3) is 0.125. The second-order valence-corrected chi connectivity index (χ2v) is 10.6. The van der Waals surface area contributed by atoms with Gasteiger partial charge in [0.2, 0.25) is 0 Å². The Morgan fingerprint density at radius 3 is 1.81 bits per heavy atom. The molecule has 4 aromatic carbocycles. The number of hydrogen-bond acceptors (Lipinski definition) is 4. The van der Waals surface area contributed by atoms with Gasteiger partial charge in [-0.1, -0.05) is 48.2 Å². The van der Waals surface area contributed by atoms with E-state index in [0.29, 0.717) is 11.3 Å². The molecule has 4 aromatic rings. The number of carbonyl (C=O) groups excluding carboxylic acids is 1. The first-order chi connectivity index (χ1) is 17.9. The molecule has 0 saturated heterocycles. The minimum absolute atomic E-state index is 0.218. The van der Waals surface area contributed by atoms with Crippen molar-refractivity contribution in [2.45, 2.75) is 34.1 Å². The van der Waals surface area contributed by atoms with Crippen molar-refractivity contribution in [3.05, 3.63) is 120 Å². The fourth-order valence-corrected chi connectivity index (χ4v) is 5.61. The van der Waals surface area contributed by atoms with E-state index in [1.54, 1.807) is 38.1 Å². The van der Waals surface area contributed by atoms with E-state index in [1.807, 2.05) is 36.4 Å². The molecule has 0 aliphatic carbocycles. The number of nitriles is 1. The van der Waals surface area contributed by atoms with Crippen LogP contribution in [0, 0.1) is 23.2 Å². The van der Waals surface area contributed by atoms with E-state index in [2.05, 4.69) is 66.4 Å². The quantitative estimate of drug-likeness (QED) is 0.166. The normalized spacial score (nSPS) is 10.6. The SMILES string of the molecule is CC(C)(C#Cc1ccc(C#N)cc1)OC(=O)COc1ccc([S+](c2ccccc2)c2ccccc2)cc1. The van der Waals surface area contributed by atoms with Crippen LogP contribution in [-0.2, 0) is 20.4 Å². The second kappa shape index (κ2) is 12.0. The van der Waals surface area contributed by atoms with E-state index in [1.165, 1.54) is 9.79 Å². The molecule has 0 aliphatic rings. The Hall–Kier alpha value is -4.45. The van der Waals surface area contributed by atoms with Crippen LogP contribution < -0.4 is 4.74 Å². The number of rotatable bonds is 7. The predicted octanol–water partition coefficient (Wildman–Crippen LogP) is 6.41. The minimum atomic E-state index is -0.988. The average molecular weight is 505 g/mol. The molecule has 0 amide bonds. The van der Waals surface area contributed by atoms with Crippen molar-refractivity contribution >= 4 is 16.9 Å². The second-order valence-electron chi connectivity index (χ2n) is 8.62. The van der Waals surface area contributed by atoms with Crippen molar-refractivity contribution in [2.24, 2.45) is 0 Å². The van der Waals surface area contributed by atoms with E-state index in [0.717, 1.165) is 10.5 Å². The lowest BCUT2D eigenvalue weighted by Gasteiger charge is -2.19. The van der Waals surface area contributed by atoms with Crippen molar-refractivity contribution < 1.29 is 14.3 Å². The van der Waals surface area contributed by atoms with Gasteiger partial charge in [-0.15, -0.1) is 0 Å². The summed E-state index contributed by atoms with van der Waals surface area (Å²) in [6, 6.07) is 37.6. The summed E-state index contributed by atoms with van der Waals surface area (Å²) in [6.07, 6.45) is 0. The van der Waals surface area contributed by atoms with Crippen LogP contribution in [0.3, 0.4) is 0 Å². The Morgan fingerprint density at radius 2 is 1.27 bits per heavy atom. The minimum Gasteiger partial charge on any atom is -0.482 e. The van der Waals surface area contributed by atoms with Crippen LogP contribution >= 0.6 is 0 Å². The molecule has 4 rings (SSSR count). The highest BCUT2D eigenvalue weighted by Gasteiger charge is 2.28. The highest BCUT2D eigenvalue weighted by Crippen LogP contribution is 2.31. The van der Waals surface area contributed by atoms with Gasteiger partial charge in [0.1, 0.15) is 5.75 Å². The molecule has 0 aliphatic heterocycles. The average Bonchev–Trinajstić information content (AvgIpc) is 2.93. The molecule has 0 saturated carbocycles. The molecule has 4 nitrogen and oxygen atoms in total. The summed E-state index contributed by atoms with van der Waals surface area (Å²) in [6.45, 7) is 3.24. The maximum Gasteiger partial charge on any atom is 0.345 e. The Labute approximate surface area is 220 Å². The summed E-state index contributed by atoms with van der Waals surface area (Å²) in [7, 11) is -0.248. The molecular formula is C32H26NO3S+. The van der Waals surface area contributed by atoms with Gasteiger partial charge in [0.25, 0.3) is 0 Å². The van der Waals surface area contributed by atoms with Gasteiger partial charge in [-0.3, -0.25) is 0 Å². The molecule has 182 valence electrons. The maximum absolute atomic E-state index is 12.4. The molecule has 0 spiro atoms. The van der Waals surface area contributed by atoms with E-state index in [4.69, 9.17) is 14.7 Å². The third kappa shape index (κ3) is 7.27. The summed E-state index contributed by atoms with van der Waals surface area (Å²) >= 11 is 0. The Morgan fingerprint density at radius 1 is 0.757 bits per heavy atom. The van der Waals surface area contributed by atoms with Crippen LogP contribution in [0.15, 0.2) is 124 Å². The summed E-state index contributed by atoms with van der Waals surface area (Å²) in [5.74, 6) is 6.03. The third-order valence-electron chi connectivity index (χ3n) is 5.26. The summed E-state index contributed by atoms with van der Waals surface area (Å²) in [5.41, 5.74) is 0.319. The largest absolute Gasteiger partial charge is 0.482 e. The van der Waals surface area contributed by atoms with Gasteiger partial charge in [0, 0.05) is 5.56 Å². The topological polar surface area (TPSA) is 59.3 Å². The maximum atomic E-state index is 12.4. The van der Waals surface area contributed by atoms with E-state index in [-0.39, 0.29) is 17.5 Å². The molecule has 0 bridgehead atoms. The first kappa shape index (κ1) is 25.6. The third-order valence-corrected chi connectivity index (χ3v) is 7.50. The van der Waals surface area contributed by atoms with E-state index in [9.17, 15) is 4.79 Å². The standard InChI is InChI=1S/C32H26NO3S/c1-32(2,22-21-25-13-15-26(23-33)16-14-25)36-31(34)24-35-27-17-19-30(20-18-27)37(28-9-5-3-6-10-28)29-11-7-4-8-12-29/h3-20H,24H2,1-2H3/q+1. The van der Waals surface area contributed by atoms with Crippen LogP contribution in [0.2, 0.25) is 0 Å². The molecule has 0 atom stereocenters. The van der Waals surface area contributed by atoms with Crippen LogP contribution in [0.5, 0.6) is 5.75 Å².